The van der Waals surface area contributed by atoms with Crippen molar-refractivity contribution in [3.05, 3.63) is 0 Å². The molecule has 0 amide bonds. The monoisotopic (exact) mass is 278 g/mol. The second kappa shape index (κ2) is 18.8. The van der Waals surface area contributed by atoms with Gasteiger partial charge in [-0.2, -0.15) is 0 Å². The molecule has 0 saturated carbocycles. The van der Waals surface area contributed by atoms with E-state index in [9.17, 15) is 9.59 Å². The van der Waals surface area contributed by atoms with E-state index in [1.54, 1.807) is 0 Å². The van der Waals surface area contributed by atoms with Crippen LogP contribution in [0.5, 0.6) is 0 Å². The van der Waals surface area contributed by atoms with Gasteiger partial charge in [-0.1, -0.05) is 20.3 Å². The molecule has 0 fully saturated rings. The summed E-state index contributed by atoms with van der Waals surface area (Å²) in [6.07, 6.45) is 2.95. The molecule has 0 spiro atoms. The molecule has 0 bridgehead atoms. The van der Waals surface area contributed by atoms with E-state index < -0.39 is 5.97 Å². The lowest BCUT2D eigenvalue weighted by Crippen LogP contribution is -1.99. The molecule has 1 N–H and O–H groups in total. The molecule has 0 radical (unpaired) electrons. The number of hydrogen-bond donors (Lipinski definition) is 1. The minimum Gasteiger partial charge on any atom is -0.481 e. The Labute approximate surface area is 115 Å². The van der Waals surface area contributed by atoms with Gasteiger partial charge in [-0.05, 0) is 12.8 Å². The first-order valence-electron chi connectivity index (χ1n) is 6.24. The number of rotatable bonds is 5. The molecule has 19 heavy (non-hydrogen) atoms. The molecule has 6 nitrogen and oxygen atoms in total. The molecule has 0 rings (SSSR count). The predicted octanol–water partition coefficient (Wildman–Crippen LogP) is 2.40. The molecule has 0 aromatic heterocycles. The van der Waals surface area contributed by atoms with Crippen molar-refractivity contribution in [2.24, 2.45) is 0 Å². The van der Waals surface area contributed by atoms with Gasteiger partial charge in [0.15, 0.2) is 0 Å². The number of unbranched alkanes of at least 4 members (excludes halogenated alkanes) is 1. The van der Waals surface area contributed by atoms with Crippen molar-refractivity contribution in [1.29, 1.82) is 0 Å². The zero-order valence-electron chi connectivity index (χ0n) is 12.5. The summed E-state index contributed by atoms with van der Waals surface area (Å²) in [6, 6.07) is 0. The number of carbonyl (C=O) groups excluding carboxylic acids is 2. The Morgan fingerprint density at radius 3 is 1.42 bits per heavy atom. The summed E-state index contributed by atoms with van der Waals surface area (Å²) in [4.78, 5) is 29.1. The lowest BCUT2D eigenvalue weighted by molar-refractivity contribution is -0.141. The highest BCUT2D eigenvalue weighted by atomic mass is 16.5. The van der Waals surface area contributed by atoms with Crippen LogP contribution in [0.2, 0.25) is 0 Å². The SMILES string of the molecule is CC(=O)O.CCCCOC(C)=O.CCCOC(C)=O. The van der Waals surface area contributed by atoms with Gasteiger partial charge in [0.1, 0.15) is 0 Å². The number of hydrogen-bond acceptors (Lipinski definition) is 5. The van der Waals surface area contributed by atoms with E-state index in [1.807, 2.05) is 6.92 Å². The average Bonchev–Trinajstić information content (AvgIpc) is 2.26. The van der Waals surface area contributed by atoms with Crippen molar-refractivity contribution in [1.82, 2.24) is 0 Å². The number of esters is 2. The zero-order valence-corrected chi connectivity index (χ0v) is 12.5. The minimum atomic E-state index is -0.833. The maximum Gasteiger partial charge on any atom is 0.302 e. The average molecular weight is 278 g/mol. The van der Waals surface area contributed by atoms with Gasteiger partial charge < -0.3 is 14.6 Å². The number of carboxylic acid groups (broad SMARTS) is 1. The fourth-order valence-electron chi connectivity index (χ4n) is 0.606. The van der Waals surface area contributed by atoms with Crippen molar-refractivity contribution in [3.63, 3.8) is 0 Å². The Balaban J connectivity index is -0.000000214. The van der Waals surface area contributed by atoms with Gasteiger partial charge in [0.05, 0.1) is 13.2 Å². The second-order valence-electron chi connectivity index (χ2n) is 3.55. The van der Waals surface area contributed by atoms with E-state index in [-0.39, 0.29) is 11.9 Å². The van der Waals surface area contributed by atoms with Crippen LogP contribution in [0.1, 0.15) is 53.9 Å². The molecule has 114 valence electrons. The van der Waals surface area contributed by atoms with Gasteiger partial charge in [0.25, 0.3) is 5.97 Å². The third-order valence-corrected chi connectivity index (χ3v) is 1.31. The normalized spacial score (nSPS) is 8.05. The molecule has 0 aliphatic heterocycles. The van der Waals surface area contributed by atoms with Crippen molar-refractivity contribution in [3.8, 4) is 0 Å². The van der Waals surface area contributed by atoms with E-state index in [0.29, 0.717) is 13.2 Å². The molecule has 0 heterocycles. The number of carboxylic acids is 1. The molecule has 0 saturated heterocycles. The zero-order chi connectivity index (χ0) is 15.7. The Morgan fingerprint density at radius 2 is 1.21 bits per heavy atom. The first-order chi connectivity index (χ1) is 8.77. The van der Waals surface area contributed by atoms with Crippen LogP contribution in [0.3, 0.4) is 0 Å². The molecule has 0 aromatic rings. The van der Waals surface area contributed by atoms with Gasteiger partial charge in [0, 0.05) is 20.8 Å². The van der Waals surface area contributed by atoms with Crippen LogP contribution in [0.25, 0.3) is 0 Å². The van der Waals surface area contributed by atoms with E-state index in [2.05, 4.69) is 16.4 Å². The fraction of sp³-hybridized carbons (Fsp3) is 0.769. The van der Waals surface area contributed by atoms with Gasteiger partial charge >= 0.3 is 11.9 Å². The molecular formula is C13H26O6. The highest BCUT2D eigenvalue weighted by Gasteiger charge is 1.88. The summed E-state index contributed by atoms with van der Waals surface area (Å²) in [6.45, 7) is 9.07. The lowest BCUT2D eigenvalue weighted by atomic mass is 10.4. The largest absolute Gasteiger partial charge is 0.481 e. The van der Waals surface area contributed by atoms with Gasteiger partial charge in [-0.25, -0.2) is 0 Å². The fourth-order valence-corrected chi connectivity index (χ4v) is 0.606. The Hall–Kier alpha value is -1.59. The summed E-state index contributed by atoms with van der Waals surface area (Å²) in [5.41, 5.74) is 0. The second-order valence-corrected chi connectivity index (χ2v) is 3.55. The summed E-state index contributed by atoms with van der Waals surface area (Å²) >= 11 is 0. The van der Waals surface area contributed by atoms with Crippen molar-refractivity contribution in [2.45, 2.75) is 53.9 Å². The highest BCUT2D eigenvalue weighted by molar-refractivity contribution is 5.66. The third kappa shape index (κ3) is 62.1. The smallest absolute Gasteiger partial charge is 0.302 e. The van der Waals surface area contributed by atoms with Crippen LogP contribution in [0.4, 0.5) is 0 Å². The van der Waals surface area contributed by atoms with E-state index in [1.165, 1.54) is 13.8 Å². The highest BCUT2D eigenvalue weighted by Crippen LogP contribution is 1.86. The van der Waals surface area contributed by atoms with E-state index in [0.717, 1.165) is 26.2 Å². The molecule has 0 unspecified atom stereocenters. The van der Waals surface area contributed by atoms with Gasteiger partial charge in [-0.15, -0.1) is 0 Å². The number of carbonyl (C=O) groups is 3. The maximum absolute atomic E-state index is 10.1. The van der Waals surface area contributed by atoms with Crippen molar-refractivity contribution < 1.29 is 29.0 Å². The molecule has 0 aliphatic carbocycles. The number of aliphatic carboxylic acids is 1. The predicted molar refractivity (Wildman–Crippen MR) is 71.8 cm³/mol. The Kier molecular flexibility index (Phi) is 22.3. The van der Waals surface area contributed by atoms with Crippen molar-refractivity contribution in [2.75, 3.05) is 13.2 Å². The summed E-state index contributed by atoms with van der Waals surface area (Å²) in [5, 5.41) is 7.42. The maximum atomic E-state index is 10.1. The lowest BCUT2D eigenvalue weighted by Gasteiger charge is -1.96. The topological polar surface area (TPSA) is 89.9 Å². The molecular weight excluding hydrogens is 252 g/mol. The molecule has 0 aromatic carbocycles. The molecule has 0 aliphatic rings. The Morgan fingerprint density at radius 1 is 0.842 bits per heavy atom. The van der Waals surface area contributed by atoms with Crippen LogP contribution in [0.15, 0.2) is 0 Å². The van der Waals surface area contributed by atoms with Crippen LogP contribution in [-0.2, 0) is 23.9 Å². The molecule has 6 heteroatoms. The quantitative estimate of drug-likeness (QED) is 0.613. The van der Waals surface area contributed by atoms with Crippen LogP contribution in [0, 0.1) is 0 Å². The van der Waals surface area contributed by atoms with Crippen molar-refractivity contribution >= 4 is 17.9 Å². The third-order valence-electron chi connectivity index (χ3n) is 1.31. The first-order valence-corrected chi connectivity index (χ1v) is 6.24. The van der Waals surface area contributed by atoms with Crippen LogP contribution in [-0.4, -0.2) is 36.2 Å². The molecule has 0 atom stereocenters. The minimum absolute atomic E-state index is 0.182. The van der Waals surface area contributed by atoms with Gasteiger partial charge in [0.2, 0.25) is 0 Å². The number of ether oxygens (including phenoxy) is 2. The Bertz CT molecular complexity index is 233. The summed E-state index contributed by atoms with van der Waals surface area (Å²) in [5.74, 6) is -1.21. The summed E-state index contributed by atoms with van der Waals surface area (Å²) in [7, 11) is 0. The standard InChI is InChI=1S/C6H12O2.C5H10O2.C2H4O2/c1-3-4-5-8-6(2)7;1-3-4-7-5(2)6;1-2(3)4/h3-5H2,1-2H3;3-4H2,1-2H3;1H3,(H,3,4). The van der Waals surface area contributed by atoms with Crippen LogP contribution < -0.4 is 0 Å². The summed E-state index contributed by atoms with van der Waals surface area (Å²) < 4.78 is 9.20. The van der Waals surface area contributed by atoms with E-state index in [4.69, 9.17) is 9.90 Å². The first kappa shape index (κ1) is 22.6. The van der Waals surface area contributed by atoms with Crippen LogP contribution >= 0.6 is 0 Å². The van der Waals surface area contributed by atoms with Gasteiger partial charge in [-0.3, -0.25) is 14.4 Å². The van der Waals surface area contributed by atoms with E-state index >= 15 is 0 Å².